The van der Waals surface area contributed by atoms with Crippen molar-refractivity contribution in [1.29, 1.82) is 0 Å². The molecule has 0 saturated heterocycles. The Morgan fingerprint density at radius 1 is 1.35 bits per heavy atom. The van der Waals surface area contributed by atoms with Gasteiger partial charge < -0.3 is 20.5 Å². The van der Waals surface area contributed by atoms with Crippen LogP contribution in [-0.2, 0) is 4.79 Å². The molecule has 1 aromatic rings. The number of ether oxygens (including phenoxy) is 2. The lowest BCUT2D eigenvalue weighted by atomic mass is 10.0. The summed E-state index contributed by atoms with van der Waals surface area (Å²) >= 11 is 6.06. The Hall–Kier alpha value is -1.46. The fourth-order valence-electron chi connectivity index (χ4n) is 1.90. The van der Waals surface area contributed by atoms with E-state index in [1.54, 1.807) is 12.1 Å². The third-order valence-corrected chi connectivity index (χ3v) is 3.32. The molecule has 6 heteroatoms. The van der Waals surface area contributed by atoms with Crippen molar-refractivity contribution in [1.82, 2.24) is 0 Å². The average Bonchev–Trinajstić information content (AvgIpc) is 2.44. The minimum absolute atomic E-state index is 0.131. The largest absolute Gasteiger partial charge is 0.495 e. The van der Waals surface area contributed by atoms with Gasteiger partial charge in [-0.15, -0.1) is 0 Å². The first-order valence-electron chi connectivity index (χ1n) is 6.49. The van der Waals surface area contributed by atoms with Crippen molar-refractivity contribution >= 4 is 23.2 Å². The number of nitrogens with two attached hydrogens (primary N) is 1. The molecule has 1 amide bonds. The van der Waals surface area contributed by atoms with Gasteiger partial charge in [0.2, 0.25) is 5.91 Å². The highest BCUT2D eigenvalue weighted by atomic mass is 35.5. The van der Waals surface area contributed by atoms with E-state index in [-0.39, 0.29) is 11.8 Å². The van der Waals surface area contributed by atoms with E-state index in [0.29, 0.717) is 28.8 Å². The zero-order chi connectivity index (χ0) is 15.1. The summed E-state index contributed by atoms with van der Waals surface area (Å²) in [5, 5.41) is 3.21. The number of nitrogens with one attached hydrogen (secondary N) is 1. The number of rotatable bonds is 7. The summed E-state index contributed by atoms with van der Waals surface area (Å²) in [6.07, 6.45) is 1.64. The maximum Gasteiger partial charge on any atom is 0.228 e. The lowest BCUT2D eigenvalue weighted by Gasteiger charge is -2.17. The minimum atomic E-state index is -0.217. The van der Waals surface area contributed by atoms with Crippen molar-refractivity contribution in [2.24, 2.45) is 11.7 Å². The Kier molecular flexibility index (Phi) is 6.61. The van der Waals surface area contributed by atoms with Crippen molar-refractivity contribution < 1.29 is 14.3 Å². The smallest absolute Gasteiger partial charge is 0.228 e. The average molecular weight is 301 g/mol. The van der Waals surface area contributed by atoms with Gasteiger partial charge in [-0.25, -0.2) is 0 Å². The van der Waals surface area contributed by atoms with E-state index in [2.05, 4.69) is 5.32 Å². The Morgan fingerprint density at radius 2 is 2.00 bits per heavy atom. The summed E-state index contributed by atoms with van der Waals surface area (Å²) in [6.45, 7) is 2.33. The van der Waals surface area contributed by atoms with Crippen molar-refractivity contribution in [2.45, 2.75) is 19.8 Å². The van der Waals surface area contributed by atoms with Crippen LogP contribution in [0.2, 0.25) is 5.02 Å². The quantitative estimate of drug-likeness (QED) is 0.812. The molecule has 0 radical (unpaired) electrons. The van der Waals surface area contributed by atoms with Crippen LogP contribution in [0.1, 0.15) is 19.8 Å². The highest BCUT2D eigenvalue weighted by Crippen LogP contribution is 2.36. The summed E-state index contributed by atoms with van der Waals surface area (Å²) in [6, 6.07) is 3.24. The lowest BCUT2D eigenvalue weighted by molar-refractivity contribution is -0.119. The molecule has 0 aliphatic rings. The van der Waals surface area contributed by atoms with Gasteiger partial charge in [0.1, 0.15) is 11.5 Å². The van der Waals surface area contributed by atoms with Crippen LogP contribution in [0.3, 0.4) is 0 Å². The number of benzene rings is 1. The van der Waals surface area contributed by atoms with Crippen molar-refractivity contribution in [3.8, 4) is 11.5 Å². The van der Waals surface area contributed by atoms with Crippen LogP contribution in [0.25, 0.3) is 0 Å². The Bertz CT molecular complexity index is 466. The standard InChI is InChI=1S/C14H21ClN2O3/c1-4-5-9(8-16)14(18)17-11-6-10(15)12(19-2)7-13(11)20-3/h6-7,9H,4-5,8,16H2,1-3H3,(H,17,18). The fraction of sp³-hybridized carbons (Fsp3) is 0.500. The van der Waals surface area contributed by atoms with Gasteiger partial charge in [0, 0.05) is 12.6 Å². The lowest BCUT2D eigenvalue weighted by Crippen LogP contribution is -2.29. The van der Waals surface area contributed by atoms with E-state index in [1.807, 2.05) is 6.92 Å². The van der Waals surface area contributed by atoms with E-state index in [1.165, 1.54) is 14.2 Å². The molecule has 5 nitrogen and oxygen atoms in total. The molecule has 1 aromatic carbocycles. The van der Waals surface area contributed by atoms with Crippen LogP contribution in [-0.4, -0.2) is 26.7 Å². The van der Waals surface area contributed by atoms with Gasteiger partial charge >= 0.3 is 0 Å². The number of carbonyl (C=O) groups is 1. The Balaban J connectivity index is 2.96. The molecule has 0 aliphatic carbocycles. The number of anilines is 1. The van der Waals surface area contributed by atoms with Crippen LogP contribution < -0.4 is 20.5 Å². The molecular weight excluding hydrogens is 280 g/mol. The minimum Gasteiger partial charge on any atom is -0.495 e. The molecule has 1 atom stereocenters. The van der Waals surface area contributed by atoms with Crippen LogP contribution in [0.15, 0.2) is 12.1 Å². The summed E-state index contributed by atoms with van der Waals surface area (Å²) in [5.74, 6) is 0.636. The van der Waals surface area contributed by atoms with Gasteiger partial charge in [0.15, 0.2) is 0 Å². The molecular formula is C14H21ClN2O3. The predicted octanol–water partition coefficient (Wildman–Crippen LogP) is 2.67. The van der Waals surface area contributed by atoms with Crippen molar-refractivity contribution in [3.63, 3.8) is 0 Å². The normalized spacial score (nSPS) is 11.8. The summed E-state index contributed by atoms with van der Waals surface area (Å²) in [7, 11) is 3.04. The molecule has 0 aliphatic heterocycles. The Labute approximate surface area is 124 Å². The first-order valence-corrected chi connectivity index (χ1v) is 6.87. The number of hydrogen-bond acceptors (Lipinski definition) is 4. The van der Waals surface area contributed by atoms with E-state index >= 15 is 0 Å². The number of methoxy groups -OCH3 is 2. The maximum absolute atomic E-state index is 12.1. The predicted molar refractivity (Wildman–Crippen MR) is 80.6 cm³/mol. The fourth-order valence-corrected chi connectivity index (χ4v) is 2.14. The van der Waals surface area contributed by atoms with Gasteiger partial charge in [-0.3, -0.25) is 4.79 Å². The highest BCUT2D eigenvalue weighted by molar-refractivity contribution is 6.32. The number of halogens is 1. The molecule has 3 N–H and O–H groups in total. The SMILES string of the molecule is CCCC(CN)C(=O)Nc1cc(Cl)c(OC)cc1OC. The number of hydrogen-bond donors (Lipinski definition) is 2. The molecule has 1 unspecified atom stereocenters. The van der Waals surface area contributed by atoms with Crippen LogP contribution in [0.4, 0.5) is 5.69 Å². The molecule has 0 saturated carbocycles. The zero-order valence-corrected chi connectivity index (χ0v) is 12.8. The van der Waals surface area contributed by atoms with Crippen molar-refractivity contribution in [3.05, 3.63) is 17.2 Å². The molecule has 0 aromatic heterocycles. The Morgan fingerprint density at radius 3 is 2.50 bits per heavy atom. The zero-order valence-electron chi connectivity index (χ0n) is 12.0. The van der Waals surface area contributed by atoms with E-state index in [9.17, 15) is 4.79 Å². The molecule has 0 fully saturated rings. The summed E-state index contributed by atoms with van der Waals surface area (Å²) < 4.78 is 10.3. The monoisotopic (exact) mass is 300 g/mol. The number of carbonyl (C=O) groups excluding carboxylic acids is 1. The first-order chi connectivity index (χ1) is 9.57. The van der Waals surface area contributed by atoms with E-state index in [0.717, 1.165) is 12.8 Å². The second-order valence-corrected chi connectivity index (χ2v) is 4.80. The molecule has 112 valence electrons. The summed E-state index contributed by atoms with van der Waals surface area (Å²) in [5.41, 5.74) is 6.13. The molecule has 0 spiro atoms. The third-order valence-electron chi connectivity index (χ3n) is 3.02. The molecule has 20 heavy (non-hydrogen) atoms. The third kappa shape index (κ3) is 4.02. The molecule has 0 heterocycles. The highest BCUT2D eigenvalue weighted by Gasteiger charge is 2.18. The molecule has 1 rings (SSSR count). The second kappa shape index (κ2) is 7.97. The van der Waals surface area contributed by atoms with Gasteiger partial charge in [-0.05, 0) is 12.5 Å². The maximum atomic E-state index is 12.1. The van der Waals surface area contributed by atoms with Gasteiger partial charge in [-0.1, -0.05) is 24.9 Å². The van der Waals surface area contributed by atoms with E-state index < -0.39 is 0 Å². The van der Waals surface area contributed by atoms with Crippen LogP contribution >= 0.6 is 11.6 Å². The van der Waals surface area contributed by atoms with Gasteiger partial charge in [-0.2, -0.15) is 0 Å². The molecule has 0 bridgehead atoms. The van der Waals surface area contributed by atoms with Gasteiger partial charge in [0.25, 0.3) is 0 Å². The van der Waals surface area contributed by atoms with Crippen LogP contribution in [0, 0.1) is 5.92 Å². The van der Waals surface area contributed by atoms with Crippen LogP contribution in [0.5, 0.6) is 11.5 Å². The first kappa shape index (κ1) is 16.6. The second-order valence-electron chi connectivity index (χ2n) is 4.40. The number of amides is 1. The summed E-state index contributed by atoms with van der Waals surface area (Å²) in [4.78, 5) is 12.1. The van der Waals surface area contributed by atoms with Gasteiger partial charge in [0.05, 0.1) is 30.8 Å². The van der Waals surface area contributed by atoms with Crippen molar-refractivity contribution in [2.75, 3.05) is 26.1 Å². The van der Waals surface area contributed by atoms with E-state index in [4.69, 9.17) is 26.8 Å². The topological polar surface area (TPSA) is 73.6 Å².